The van der Waals surface area contributed by atoms with Crippen molar-refractivity contribution in [2.45, 2.75) is 6.42 Å². The number of ether oxygens (including phenoxy) is 4. The summed E-state index contributed by atoms with van der Waals surface area (Å²) in [6.45, 7) is 0. The molecule has 0 N–H and O–H groups in total. The Morgan fingerprint density at radius 1 is 0.808 bits per heavy atom. The van der Waals surface area contributed by atoms with E-state index in [4.69, 9.17) is 18.9 Å². The fraction of sp³-hybridized carbons (Fsp3) is 0.200. The van der Waals surface area contributed by atoms with Crippen LogP contribution in [0.1, 0.15) is 6.42 Å². The Balaban J connectivity index is 1.61. The molecule has 6 heteroatoms. The predicted octanol–water partition coefficient (Wildman–Crippen LogP) is 3.16. The smallest absolute Gasteiger partial charge is 0.339 e. The lowest BCUT2D eigenvalue weighted by Crippen LogP contribution is -2.29. The van der Waals surface area contributed by atoms with Crippen LogP contribution < -0.4 is 18.9 Å². The molecule has 0 aromatic heterocycles. The molecular weight excluding hydrogens is 336 g/mol. The molecule has 3 rings (SSSR count). The summed E-state index contributed by atoms with van der Waals surface area (Å²) >= 11 is 0. The van der Waals surface area contributed by atoms with Gasteiger partial charge in [0.15, 0.2) is 23.0 Å². The zero-order valence-electron chi connectivity index (χ0n) is 14.4. The molecule has 6 nitrogen and oxygen atoms in total. The standard InChI is InChI=1S/C20H18O6/c1-23-15-7-3-5-9-17(15)25-19(21)13-11-14(12-13)20(22)26-18-10-6-4-8-16(18)24-2/h3-11,13H,12H2,1-2H3. The third-order valence-corrected chi connectivity index (χ3v) is 3.96. The molecule has 0 spiro atoms. The van der Waals surface area contributed by atoms with Crippen molar-refractivity contribution in [1.29, 1.82) is 0 Å². The van der Waals surface area contributed by atoms with Gasteiger partial charge in [0.1, 0.15) is 0 Å². The Morgan fingerprint density at radius 3 is 1.77 bits per heavy atom. The number of carbonyl (C=O) groups excluding carboxylic acids is 2. The molecule has 26 heavy (non-hydrogen) atoms. The lowest BCUT2D eigenvalue weighted by atomic mass is 9.86. The highest BCUT2D eigenvalue weighted by atomic mass is 16.6. The summed E-state index contributed by atoms with van der Waals surface area (Å²) in [7, 11) is 3.00. The van der Waals surface area contributed by atoms with E-state index in [0.29, 0.717) is 28.6 Å². The molecule has 2 aromatic carbocycles. The maximum atomic E-state index is 12.2. The Kier molecular flexibility index (Phi) is 5.22. The van der Waals surface area contributed by atoms with Gasteiger partial charge >= 0.3 is 11.9 Å². The van der Waals surface area contributed by atoms with Gasteiger partial charge in [-0.2, -0.15) is 0 Å². The Morgan fingerprint density at radius 2 is 1.27 bits per heavy atom. The number of rotatable bonds is 6. The van der Waals surface area contributed by atoms with Crippen LogP contribution in [-0.4, -0.2) is 26.2 Å². The largest absolute Gasteiger partial charge is 0.493 e. The molecule has 1 atom stereocenters. The van der Waals surface area contributed by atoms with E-state index in [1.54, 1.807) is 54.6 Å². The SMILES string of the molecule is COc1ccccc1OC(=O)C1=CC(C(=O)Oc2ccccc2OC)C1. The molecule has 134 valence electrons. The summed E-state index contributed by atoms with van der Waals surface area (Å²) in [5, 5.41) is 0. The van der Waals surface area contributed by atoms with Crippen molar-refractivity contribution in [3.05, 3.63) is 60.2 Å². The van der Waals surface area contributed by atoms with E-state index < -0.39 is 17.9 Å². The first kappa shape index (κ1) is 17.5. The second-order valence-corrected chi connectivity index (χ2v) is 5.61. The zero-order valence-corrected chi connectivity index (χ0v) is 14.4. The fourth-order valence-corrected chi connectivity index (χ4v) is 2.50. The van der Waals surface area contributed by atoms with Crippen molar-refractivity contribution in [3.8, 4) is 23.0 Å². The minimum absolute atomic E-state index is 0.266. The van der Waals surface area contributed by atoms with E-state index >= 15 is 0 Å². The van der Waals surface area contributed by atoms with Crippen LogP contribution in [0.4, 0.5) is 0 Å². The van der Waals surface area contributed by atoms with Gasteiger partial charge in [-0.1, -0.05) is 30.3 Å². The van der Waals surface area contributed by atoms with Crippen LogP contribution in [0.5, 0.6) is 23.0 Å². The van der Waals surface area contributed by atoms with Crippen LogP contribution in [0.3, 0.4) is 0 Å². The predicted molar refractivity (Wildman–Crippen MR) is 93.4 cm³/mol. The molecule has 0 radical (unpaired) electrons. The summed E-state index contributed by atoms with van der Waals surface area (Å²) in [6.07, 6.45) is 1.82. The Labute approximate surface area is 150 Å². The third-order valence-electron chi connectivity index (χ3n) is 3.96. The van der Waals surface area contributed by atoms with Crippen LogP contribution in [0.15, 0.2) is 60.2 Å². The molecule has 0 fully saturated rings. The van der Waals surface area contributed by atoms with Crippen molar-refractivity contribution in [2.24, 2.45) is 5.92 Å². The number of carbonyl (C=O) groups is 2. The highest BCUT2D eigenvalue weighted by molar-refractivity contribution is 5.95. The molecule has 0 amide bonds. The van der Waals surface area contributed by atoms with Gasteiger partial charge in [-0.15, -0.1) is 0 Å². The molecule has 1 aliphatic rings. The summed E-state index contributed by atoms with van der Waals surface area (Å²) < 4.78 is 21.0. The van der Waals surface area contributed by atoms with Crippen molar-refractivity contribution in [2.75, 3.05) is 14.2 Å². The quantitative estimate of drug-likeness (QED) is 0.586. The maximum absolute atomic E-state index is 12.2. The third kappa shape index (κ3) is 3.69. The van der Waals surface area contributed by atoms with E-state index in [1.165, 1.54) is 14.2 Å². The second kappa shape index (κ2) is 7.74. The topological polar surface area (TPSA) is 71.1 Å². The highest BCUT2D eigenvalue weighted by Crippen LogP contribution is 2.33. The number of benzene rings is 2. The van der Waals surface area contributed by atoms with E-state index in [1.807, 2.05) is 0 Å². The number of methoxy groups -OCH3 is 2. The normalized spacial score (nSPS) is 15.3. The zero-order chi connectivity index (χ0) is 18.5. The van der Waals surface area contributed by atoms with Gasteiger partial charge in [-0.05, 0) is 30.7 Å². The van der Waals surface area contributed by atoms with Gasteiger partial charge in [0, 0.05) is 5.57 Å². The van der Waals surface area contributed by atoms with Crippen molar-refractivity contribution in [1.82, 2.24) is 0 Å². The number of para-hydroxylation sites is 4. The molecule has 2 aromatic rings. The van der Waals surface area contributed by atoms with Gasteiger partial charge in [0.25, 0.3) is 0 Å². The van der Waals surface area contributed by atoms with Crippen LogP contribution in [0, 0.1) is 5.92 Å². The first-order valence-electron chi connectivity index (χ1n) is 8.03. The first-order chi connectivity index (χ1) is 12.6. The summed E-state index contributed by atoms with van der Waals surface area (Å²) in [5.74, 6) is 0.187. The number of esters is 2. The molecule has 0 saturated carbocycles. The van der Waals surface area contributed by atoms with Gasteiger partial charge in [0.2, 0.25) is 0 Å². The molecular formula is C20H18O6. The number of hydrogen-bond acceptors (Lipinski definition) is 6. The van der Waals surface area contributed by atoms with Crippen LogP contribution in [-0.2, 0) is 9.59 Å². The minimum Gasteiger partial charge on any atom is -0.493 e. The van der Waals surface area contributed by atoms with Crippen LogP contribution in [0.2, 0.25) is 0 Å². The minimum atomic E-state index is -0.504. The van der Waals surface area contributed by atoms with Gasteiger partial charge in [-0.25, -0.2) is 4.79 Å². The highest BCUT2D eigenvalue weighted by Gasteiger charge is 2.33. The van der Waals surface area contributed by atoms with Gasteiger partial charge in [-0.3, -0.25) is 4.79 Å². The molecule has 0 saturated heterocycles. The van der Waals surface area contributed by atoms with Gasteiger partial charge < -0.3 is 18.9 Å². The Bertz CT molecular complexity index is 855. The lowest BCUT2D eigenvalue weighted by molar-refractivity contribution is -0.138. The monoisotopic (exact) mass is 354 g/mol. The molecule has 0 heterocycles. The van der Waals surface area contributed by atoms with Crippen molar-refractivity contribution < 1.29 is 28.5 Å². The maximum Gasteiger partial charge on any atom is 0.339 e. The van der Waals surface area contributed by atoms with E-state index in [9.17, 15) is 9.59 Å². The summed E-state index contributed by atoms with van der Waals surface area (Å²) in [4.78, 5) is 24.4. The van der Waals surface area contributed by atoms with Crippen LogP contribution >= 0.6 is 0 Å². The first-order valence-corrected chi connectivity index (χ1v) is 8.03. The average Bonchev–Trinajstić information content (AvgIpc) is 2.61. The summed E-state index contributed by atoms with van der Waals surface area (Å²) in [5.41, 5.74) is 0.429. The van der Waals surface area contributed by atoms with Gasteiger partial charge in [0.05, 0.1) is 20.1 Å². The van der Waals surface area contributed by atoms with Crippen molar-refractivity contribution in [3.63, 3.8) is 0 Å². The van der Waals surface area contributed by atoms with Crippen LogP contribution in [0.25, 0.3) is 0 Å². The van der Waals surface area contributed by atoms with Crippen molar-refractivity contribution >= 4 is 11.9 Å². The second-order valence-electron chi connectivity index (χ2n) is 5.61. The molecule has 1 unspecified atom stereocenters. The van der Waals surface area contributed by atoms with E-state index in [-0.39, 0.29) is 6.42 Å². The molecule has 0 bridgehead atoms. The lowest BCUT2D eigenvalue weighted by Gasteiger charge is -2.23. The molecule has 1 aliphatic carbocycles. The number of hydrogen-bond donors (Lipinski definition) is 0. The summed E-state index contributed by atoms with van der Waals surface area (Å²) in [6, 6.07) is 13.7. The average molecular weight is 354 g/mol. The molecule has 0 aliphatic heterocycles. The van der Waals surface area contributed by atoms with E-state index in [2.05, 4.69) is 0 Å². The van der Waals surface area contributed by atoms with E-state index in [0.717, 1.165) is 0 Å². The fourth-order valence-electron chi connectivity index (χ4n) is 2.50. The Hall–Kier alpha value is -3.28.